The highest BCUT2D eigenvalue weighted by Crippen LogP contribution is 2.12. The number of benzene rings is 1. The Morgan fingerprint density at radius 1 is 1.39 bits per heavy atom. The van der Waals surface area contributed by atoms with E-state index in [9.17, 15) is 9.59 Å². The van der Waals surface area contributed by atoms with Gasteiger partial charge in [-0.05, 0) is 13.0 Å². The lowest BCUT2D eigenvalue weighted by Crippen LogP contribution is -2.35. The van der Waals surface area contributed by atoms with E-state index < -0.39 is 11.2 Å². The van der Waals surface area contributed by atoms with Crippen LogP contribution in [-0.2, 0) is 0 Å². The molecule has 0 fully saturated rings. The van der Waals surface area contributed by atoms with Crippen LogP contribution in [0.3, 0.4) is 0 Å². The number of hydrogen-bond donors (Lipinski definition) is 1. The van der Waals surface area contributed by atoms with E-state index in [4.69, 9.17) is 11.6 Å². The molecule has 0 aliphatic heterocycles. The molecule has 1 heterocycles. The average Bonchev–Trinajstić information content (AvgIpc) is 2.36. The second kappa shape index (κ2) is 4.97. The molecule has 2 rings (SSSR count). The summed E-state index contributed by atoms with van der Waals surface area (Å²) in [5.41, 5.74) is -0.498. The molecule has 0 bridgehead atoms. The third-order valence-electron chi connectivity index (χ3n) is 2.23. The molecule has 2 aromatic rings. The lowest BCUT2D eigenvalue weighted by atomic mass is 10.2. The molecule has 0 aliphatic carbocycles. The Bertz CT molecular complexity index is 717. The maximum Gasteiger partial charge on any atom is 0.365 e. The topological polar surface area (TPSA) is 80.1 Å². The molecule has 92 valence electrons. The molecule has 0 saturated carbocycles. The van der Waals surface area contributed by atoms with Gasteiger partial charge in [-0.15, -0.1) is 4.68 Å². The van der Waals surface area contributed by atoms with Crippen LogP contribution < -0.4 is 11.2 Å². The summed E-state index contributed by atoms with van der Waals surface area (Å²) in [4.78, 5) is 23.0. The van der Waals surface area contributed by atoms with Crippen LogP contribution in [0.5, 0.6) is 0 Å². The van der Waals surface area contributed by atoms with Gasteiger partial charge in [0.1, 0.15) is 5.69 Å². The first-order valence-corrected chi connectivity index (χ1v) is 5.44. The molecule has 0 saturated heterocycles. The highest BCUT2D eigenvalue weighted by molar-refractivity contribution is 6.33. The number of aromatic amines is 1. The van der Waals surface area contributed by atoms with Crippen molar-refractivity contribution >= 4 is 17.8 Å². The summed E-state index contributed by atoms with van der Waals surface area (Å²) < 4.78 is 0.700. The van der Waals surface area contributed by atoms with Crippen LogP contribution >= 0.6 is 11.6 Å². The lowest BCUT2D eigenvalue weighted by molar-refractivity contribution is 0.694. The van der Waals surface area contributed by atoms with Crippen molar-refractivity contribution in [2.75, 3.05) is 0 Å². The minimum Gasteiger partial charge on any atom is -0.265 e. The van der Waals surface area contributed by atoms with Gasteiger partial charge in [0, 0.05) is 10.6 Å². The summed E-state index contributed by atoms with van der Waals surface area (Å²) >= 11 is 5.92. The molecule has 18 heavy (non-hydrogen) atoms. The maximum absolute atomic E-state index is 11.6. The number of aromatic nitrogens is 3. The number of hydrogen-bond acceptors (Lipinski definition) is 4. The second-order valence-electron chi connectivity index (χ2n) is 3.50. The van der Waals surface area contributed by atoms with Crippen LogP contribution in [0.25, 0.3) is 0 Å². The Morgan fingerprint density at radius 2 is 2.11 bits per heavy atom. The molecule has 6 nitrogen and oxygen atoms in total. The number of halogens is 1. The van der Waals surface area contributed by atoms with Crippen LogP contribution in [0.2, 0.25) is 5.02 Å². The van der Waals surface area contributed by atoms with E-state index in [-0.39, 0.29) is 5.69 Å². The largest absolute Gasteiger partial charge is 0.365 e. The number of nitrogens with one attached hydrogen (secondary N) is 1. The average molecular weight is 265 g/mol. The second-order valence-corrected chi connectivity index (χ2v) is 3.90. The van der Waals surface area contributed by atoms with E-state index in [2.05, 4.69) is 15.3 Å². The summed E-state index contributed by atoms with van der Waals surface area (Å²) in [7, 11) is 0. The fourth-order valence-corrected chi connectivity index (χ4v) is 1.46. The molecule has 1 N–H and O–H groups in total. The lowest BCUT2D eigenvalue weighted by Gasteiger charge is -1.98. The highest BCUT2D eigenvalue weighted by atomic mass is 35.5. The van der Waals surface area contributed by atoms with E-state index >= 15 is 0 Å². The Morgan fingerprint density at radius 3 is 2.83 bits per heavy atom. The third-order valence-corrected chi connectivity index (χ3v) is 2.58. The predicted octanol–water partition coefficient (Wildman–Crippen LogP) is 0.776. The number of rotatable bonds is 2. The summed E-state index contributed by atoms with van der Waals surface area (Å²) in [6, 6.07) is 6.96. The molecule has 0 aliphatic rings. The zero-order valence-corrected chi connectivity index (χ0v) is 10.2. The minimum atomic E-state index is -0.700. The first-order valence-electron chi connectivity index (χ1n) is 5.07. The normalized spacial score (nSPS) is 11.0. The third kappa shape index (κ3) is 2.38. The predicted molar refractivity (Wildman–Crippen MR) is 68.3 cm³/mol. The van der Waals surface area contributed by atoms with Gasteiger partial charge >= 0.3 is 5.69 Å². The SMILES string of the molecule is Cc1n[nH]c(=O)n(/N=C/c2ccccc2Cl)c1=O. The van der Waals surface area contributed by atoms with Crippen molar-refractivity contribution in [1.29, 1.82) is 0 Å². The Hall–Kier alpha value is -2.21. The smallest absolute Gasteiger partial charge is 0.265 e. The van der Waals surface area contributed by atoms with E-state index in [0.29, 0.717) is 15.3 Å². The highest BCUT2D eigenvalue weighted by Gasteiger charge is 2.03. The Balaban J connectivity index is 2.48. The zero-order chi connectivity index (χ0) is 13.1. The van der Waals surface area contributed by atoms with Crippen LogP contribution in [0.4, 0.5) is 0 Å². The summed E-state index contributed by atoms with van der Waals surface area (Å²) in [5, 5.41) is 10.0. The fraction of sp³-hybridized carbons (Fsp3) is 0.0909. The van der Waals surface area contributed by atoms with E-state index in [1.807, 2.05) is 0 Å². The van der Waals surface area contributed by atoms with Gasteiger partial charge in [-0.1, -0.05) is 29.8 Å². The van der Waals surface area contributed by atoms with Gasteiger partial charge in [-0.25, -0.2) is 9.89 Å². The summed E-state index contributed by atoms with van der Waals surface area (Å²) in [6.45, 7) is 1.49. The van der Waals surface area contributed by atoms with Gasteiger partial charge in [0.15, 0.2) is 0 Å². The monoisotopic (exact) mass is 264 g/mol. The summed E-state index contributed by atoms with van der Waals surface area (Å²) in [6.07, 6.45) is 1.35. The maximum atomic E-state index is 11.6. The number of aryl methyl sites for hydroxylation is 1. The van der Waals surface area contributed by atoms with Gasteiger partial charge in [-0.3, -0.25) is 4.79 Å². The van der Waals surface area contributed by atoms with Crippen LogP contribution in [0.1, 0.15) is 11.3 Å². The van der Waals surface area contributed by atoms with Crippen molar-refractivity contribution in [2.24, 2.45) is 5.10 Å². The molecule has 7 heteroatoms. The zero-order valence-electron chi connectivity index (χ0n) is 9.42. The van der Waals surface area contributed by atoms with Crippen molar-refractivity contribution < 1.29 is 0 Å². The van der Waals surface area contributed by atoms with Gasteiger partial charge in [0.25, 0.3) is 5.56 Å². The Labute approximate surface area is 107 Å². The number of nitrogens with zero attached hydrogens (tertiary/aromatic N) is 3. The van der Waals surface area contributed by atoms with Crippen molar-refractivity contribution in [3.63, 3.8) is 0 Å². The van der Waals surface area contributed by atoms with Crippen LogP contribution in [-0.4, -0.2) is 21.1 Å². The molecule has 0 unspecified atom stereocenters. The molecule has 0 spiro atoms. The van der Waals surface area contributed by atoms with Crippen molar-refractivity contribution in [2.45, 2.75) is 6.92 Å². The van der Waals surface area contributed by atoms with E-state index in [1.165, 1.54) is 13.1 Å². The standard InChI is InChI=1S/C11H9ClN4O2/c1-7-10(17)16(11(18)15-14-7)13-6-8-4-2-3-5-9(8)12/h2-6H,1H3,(H,15,18)/b13-6+. The first-order chi connectivity index (χ1) is 8.59. The van der Waals surface area contributed by atoms with E-state index in [1.54, 1.807) is 24.3 Å². The molecular weight excluding hydrogens is 256 g/mol. The van der Waals surface area contributed by atoms with Gasteiger partial charge < -0.3 is 0 Å². The fourth-order valence-electron chi connectivity index (χ4n) is 1.28. The molecule has 1 aromatic carbocycles. The first kappa shape index (κ1) is 12.3. The Kier molecular flexibility index (Phi) is 3.38. The van der Waals surface area contributed by atoms with E-state index in [0.717, 1.165) is 0 Å². The van der Waals surface area contributed by atoms with Crippen LogP contribution in [0.15, 0.2) is 39.0 Å². The van der Waals surface area contributed by atoms with Crippen molar-refractivity contribution in [3.8, 4) is 0 Å². The molecule has 0 atom stereocenters. The molecule has 0 amide bonds. The van der Waals surface area contributed by atoms with Gasteiger partial charge in [0.05, 0.1) is 6.21 Å². The van der Waals surface area contributed by atoms with Gasteiger partial charge in [-0.2, -0.15) is 10.2 Å². The minimum absolute atomic E-state index is 0.158. The quantitative estimate of drug-likeness (QED) is 0.814. The van der Waals surface area contributed by atoms with Crippen LogP contribution in [0, 0.1) is 6.92 Å². The molecular formula is C11H9ClN4O2. The molecule has 0 radical (unpaired) electrons. The van der Waals surface area contributed by atoms with Crippen molar-refractivity contribution in [3.05, 3.63) is 61.4 Å². The summed E-state index contributed by atoms with van der Waals surface area (Å²) in [5.74, 6) is 0. The molecule has 1 aromatic heterocycles. The number of H-pyrrole nitrogens is 1. The van der Waals surface area contributed by atoms with Crippen molar-refractivity contribution in [1.82, 2.24) is 14.9 Å². The van der Waals surface area contributed by atoms with Gasteiger partial charge in [0.2, 0.25) is 0 Å².